The zero-order valence-electron chi connectivity index (χ0n) is 6.33. The average Bonchev–Trinajstić information content (AvgIpc) is 1.85. The van der Waals surface area contributed by atoms with Crippen molar-refractivity contribution in [2.75, 3.05) is 0 Å². The van der Waals surface area contributed by atoms with E-state index >= 15 is 0 Å². The van der Waals surface area contributed by atoms with Gasteiger partial charge in [-0.1, -0.05) is 13.3 Å². The van der Waals surface area contributed by atoms with Crippen molar-refractivity contribution in [1.29, 1.82) is 0 Å². The van der Waals surface area contributed by atoms with Crippen molar-refractivity contribution in [2.45, 2.75) is 38.0 Å². The first-order valence-corrected chi connectivity index (χ1v) is 3.35. The molecule has 0 aromatic carbocycles. The first kappa shape index (κ1) is 11.6. The fourth-order valence-corrected chi connectivity index (χ4v) is 0.623. The van der Waals surface area contributed by atoms with Crippen LogP contribution in [0.3, 0.4) is 0 Å². The molecule has 0 saturated carbocycles. The quantitative estimate of drug-likeness (QED) is 0.678. The maximum Gasteiger partial charge on any atom is 0.420 e. The monoisotopic (exact) mass is 192 g/mol. The second-order valence-corrected chi connectivity index (χ2v) is 2.42. The first-order chi connectivity index (χ1) is 5.23. The van der Waals surface area contributed by atoms with Crippen molar-refractivity contribution in [2.24, 2.45) is 0 Å². The van der Waals surface area contributed by atoms with Gasteiger partial charge < -0.3 is 5.11 Å². The molecule has 0 aromatic rings. The highest BCUT2D eigenvalue weighted by Crippen LogP contribution is 2.37. The third-order valence-electron chi connectivity index (χ3n) is 1.34. The number of aliphatic hydroxyl groups is 1. The zero-order valence-corrected chi connectivity index (χ0v) is 6.33. The molecule has 0 aromatic heterocycles. The van der Waals surface area contributed by atoms with Crippen molar-refractivity contribution < 1.29 is 27.1 Å². The molecule has 0 saturated heterocycles. The van der Waals surface area contributed by atoms with Gasteiger partial charge in [-0.15, -0.1) is 0 Å². The molecule has 0 aliphatic heterocycles. The molecule has 0 spiro atoms. The van der Waals surface area contributed by atoms with Crippen LogP contribution in [0.4, 0.5) is 22.0 Å². The van der Waals surface area contributed by atoms with Crippen LogP contribution >= 0.6 is 0 Å². The van der Waals surface area contributed by atoms with Gasteiger partial charge in [0.25, 0.3) is 0 Å². The molecule has 0 amide bonds. The van der Waals surface area contributed by atoms with Crippen molar-refractivity contribution in [3.05, 3.63) is 0 Å². The van der Waals surface area contributed by atoms with Crippen LogP contribution in [-0.2, 0) is 0 Å². The maximum absolute atomic E-state index is 12.3. The predicted molar refractivity (Wildman–Crippen MR) is 31.9 cm³/mol. The Morgan fingerprint density at radius 1 is 1.25 bits per heavy atom. The summed E-state index contributed by atoms with van der Waals surface area (Å²) in [5.74, 6) is -5.00. The minimum Gasteiger partial charge on any atom is -0.331 e. The third kappa shape index (κ3) is 2.30. The Morgan fingerprint density at radius 2 is 1.67 bits per heavy atom. The molecule has 0 heterocycles. The van der Waals surface area contributed by atoms with Gasteiger partial charge in [-0.25, -0.2) is 4.39 Å². The fraction of sp³-hybridized carbons (Fsp3) is 1.00. The highest BCUT2D eigenvalue weighted by molar-refractivity contribution is 4.83. The van der Waals surface area contributed by atoms with Gasteiger partial charge in [-0.3, -0.25) is 0 Å². The van der Waals surface area contributed by atoms with Crippen LogP contribution in [0.1, 0.15) is 19.8 Å². The molecule has 1 N–H and O–H groups in total. The summed E-state index contributed by atoms with van der Waals surface area (Å²) in [4.78, 5) is 0. The van der Waals surface area contributed by atoms with Gasteiger partial charge in [-0.05, 0) is 6.42 Å². The lowest BCUT2D eigenvalue weighted by atomic mass is 10.1. The molecule has 0 aliphatic carbocycles. The van der Waals surface area contributed by atoms with E-state index in [9.17, 15) is 22.0 Å². The minimum atomic E-state index is -5.29. The van der Waals surface area contributed by atoms with Crippen molar-refractivity contribution >= 4 is 0 Å². The lowest BCUT2D eigenvalue weighted by molar-refractivity contribution is -0.342. The number of hydrogen-bond donors (Lipinski definition) is 1. The van der Waals surface area contributed by atoms with E-state index in [0.29, 0.717) is 0 Å². The molecular weight excluding hydrogens is 183 g/mol. The minimum absolute atomic E-state index is 0.00678. The van der Waals surface area contributed by atoms with Crippen LogP contribution in [0.25, 0.3) is 0 Å². The zero-order chi connectivity index (χ0) is 9.99. The molecule has 1 unspecified atom stereocenters. The number of rotatable bonds is 4. The van der Waals surface area contributed by atoms with E-state index in [2.05, 4.69) is 0 Å². The SMILES string of the molecule is CCCC(F)C(F)(F)C(O)(F)F. The van der Waals surface area contributed by atoms with E-state index in [-0.39, 0.29) is 6.42 Å². The van der Waals surface area contributed by atoms with E-state index in [1.807, 2.05) is 0 Å². The molecule has 0 bridgehead atoms. The summed E-state index contributed by atoms with van der Waals surface area (Å²) in [6.07, 6.45) is -9.00. The van der Waals surface area contributed by atoms with Crippen LogP contribution in [0.15, 0.2) is 0 Å². The summed E-state index contributed by atoms with van der Waals surface area (Å²) in [5, 5.41) is 7.62. The highest BCUT2D eigenvalue weighted by Gasteiger charge is 2.60. The third-order valence-corrected chi connectivity index (χ3v) is 1.34. The van der Waals surface area contributed by atoms with Crippen LogP contribution < -0.4 is 0 Å². The topological polar surface area (TPSA) is 20.2 Å². The largest absolute Gasteiger partial charge is 0.420 e. The van der Waals surface area contributed by atoms with E-state index in [0.717, 1.165) is 0 Å². The Labute approximate surface area is 66.2 Å². The Kier molecular flexibility index (Phi) is 3.44. The molecular formula is C6H9F5O. The second kappa shape index (κ2) is 3.55. The summed E-state index contributed by atoms with van der Waals surface area (Å²) < 4.78 is 59.8. The van der Waals surface area contributed by atoms with E-state index < -0.39 is 24.6 Å². The molecule has 74 valence electrons. The summed E-state index contributed by atoms with van der Waals surface area (Å²) >= 11 is 0. The van der Waals surface area contributed by atoms with Crippen LogP contribution in [0.2, 0.25) is 0 Å². The number of alkyl halides is 5. The second-order valence-electron chi connectivity index (χ2n) is 2.42. The molecule has 0 fully saturated rings. The summed E-state index contributed by atoms with van der Waals surface area (Å²) in [7, 11) is 0. The van der Waals surface area contributed by atoms with Crippen LogP contribution in [0.5, 0.6) is 0 Å². The van der Waals surface area contributed by atoms with Crippen molar-refractivity contribution in [3.63, 3.8) is 0 Å². The molecule has 6 heteroatoms. The molecule has 12 heavy (non-hydrogen) atoms. The van der Waals surface area contributed by atoms with Crippen LogP contribution in [-0.4, -0.2) is 23.3 Å². The molecule has 1 atom stereocenters. The smallest absolute Gasteiger partial charge is 0.331 e. The van der Waals surface area contributed by atoms with Gasteiger partial charge in [0.15, 0.2) is 6.17 Å². The van der Waals surface area contributed by atoms with E-state index in [1.165, 1.54) is 6.92 Å². The van der Waals surface area contributed by atoms with Crippen molar-refractivity contribution in [1.82, 2.24) is 0 Å². The van der Waals surface area contributed by atoms with Gasteiger partial charge in [0, 0.05) is 0 Å². The normalized spacial score (nSPS) is 16.2. The summed E-state index contributed by atoms with van der Waals surface area (Å²) in [6.45, 7) is 1.37. The molecule has 0 aliphatic rings. The first-order valence-electron chi connectivity index (χ1n) is 3.35. The van der Waals surface area contributed by atoms with Gasteiger partial charge >= 0.3 is 12.0 Å². The maximum atomic E-state index is 12.3. The number of halogens is 5. The lowest BCUT2D eigenvalue weighted by Crippen LogP contribution is -2.47. The Balaban J connectivity index is 4.38. The van der Waals surface area contributed by atoms with Gasteiger partial charge in [0.05, 0.1) is 0 Å². The summed E-state index contributed by atoms with van der Waals surface area (Å²) in [5.41, 5.74) is 0. The summed E-state index contributed by atoms with van der Waals surface area (Å²) in [6, 6.07) is 0. The molecule has 0 radical (unpaired) electrons. The fourth-order valence-electron chi connectivity index (χ4n) is 0.623. The van der Waals surface area contributed by atoms with Gasteiger partial charge in [0.2, 0.25) is 0 Å². The van der Waals surface area contributed by atoms with E-state index in [1.54, 1.807) is 0 Å². The molecule has 0 rings (SSSR count). The lowest BCUT2D eigenvalue weighted by Gasteiger charge is -2.24. The van der Waals surface area contributed by atoms with E-state index in [4.69, 9.17) is 5.11 Å². The highest BCUT2D eigenvalue weighted by atomic mass is 19.3. The Hall–Kier alpha value is -0.390. The predicted octanol–water partition coefficient (Wildman–Crippen LogP) is 2.35. The standard InChI is InChI=1S/C6H9F5O/c1-2-3-4(7)5(8,9)6(10,11)12/h4,12H,2-3H2,1H3. The Bertz CT molecular complexity index is 141. The average molecular weight is 192 g/mol. The van der Waals surface area contributed by atoms with Crippen molar-refractivity contribution in [3.8, 4) is 0 Å². The van der Waals surface area contributed by atoms with Gasteiger partial charge in [-0.2, -0.15) is 17.6 Å². The Morgan fingerprint density at radius 3 is 1.92 bits per heavy atom. The van der Waals surface area contributed by atoms with Crippen LogP contribution in [0, 0.1) is 0 Å². The molecule has 1 nitrogen and oxygen atoms in total. The van der Waals surface area contributed by atoms with Gasteiger partial charge in [0.1, 0.15) is 0 Å². The number of hydrogen-bond acceptors (Lipinski definition) is 1.